The van der Waals surface area contributed by atoms with Gasteiger partial charge in [-0.25, -0.2) is 4.79 Å². The summed E-state index contributed by atoms with van der Waals surface area (Å²) in [6.07, 6.45) is -0.140. The average molecular weight is 365 g/mol. The van der Waals surface area contributed by atoms with E-state index in [1.54, 1.807) is 44.2 Å². The lowest BCUT2D eigenvalue weighted by Gasteiger charge is -2.10. The van der Waals surface area contributed by atoms with Gasteiger partial charge in [-0.3, -0.25) is 9.59 Å². The van der Waals surface area contributed by atoms with E-state index in [4.69, 9.17) is 4.42 Å². The van der Waals surface area contributed by atoms with Crippen molar-refractivity contribution >= 4 is 28.3 Å². The summed E-state index contributed by atoms with van der Waals surface area (Å²) in [5, 5.41) is 13.2. The molecule has 1 heterocycles. The molecule has 0 unspecified atom stereocenters. The van der Waals surface area contributed by atoms with Crippen LogP contribution in [0.2, 0.25) is 0 Å². The van der Waals surface area contributed by atoms with Crippen molar-refractivity contribution in [3.8, 4) is 5.75 Å². The summed E-state index contributed by atoms with van der Waals surface area (Å²) in [7, 11) is 0. The third kappa shape index (κ3) is 3.60. The van der Waals surface area contributed by atoms with Crippen LogP contribution in [0.5, 0.6) is 5.75 Å². The number of nitrogens with one attached hydrogen (secondary N) is 1. The average Bonchev–Trinajstić information content (AvgIpc) is 2.62. The molecule has 27 heavy (non-hydrogen) atoms. The van der Waals surface area contributed by atoms with Gasteiger partial charge in [0.05, 0.1) is 12.0 Å². The Balaban J connectivity index is 1.87. The fourth-order valence-electron chi connectivity index (χ4n) is 2.94. The zero-order valence-electron chi connectivity index (χ0n) is 15.3. The number of aromatic hydroxyl groups is 1. The van der Waals surface area contributed by atoms with Crippen molar-refractivity contribution in [1.82, 2.24) is 0 Å². The number of hydrogen-bond acceptors (Lipinski definition) is 5. The second-order valence-corrected chi connectivity index (χ2v) is 6.44. The highest BCUT2D eigenvalue weighted by Crippen LogP contribution is 2.28. The molecule has 2 N–H and O–H groups in total. The molecule has 6 nitrogen and oxygen atoms in total. The number of phenolic OH excluding ortho intramolecular Hbond substituents is 1. The van der Waals surface area contributed by atoms with Crippen LogP contribution in [0.3, 0.4) is 0 Å². The second-order valence-electron chi connectivity index (χ2n) is 6.44. The topological polar surface area (TPSA) is 96.6 Å². The summed E-state index contributed by atoms with van der Waals surface area (Å²) in [5.41, 5.74) is 2.20. The standard InChI is InChI=1S/C21H19NO5/c1-11-16-8-9-18(24)12(2)20(16)27-21(26)17(11)10-19(25)22-15-6-4-14(5-7-15)13(3)23/h4-9,24H,10H2,1-3H3,(H,22,25). The van der Waals surface area contributed by atoms with E-state index in [-0.39, 0.29) is 29.4 Å². The molecule has 0 radical (unpaired) electrons. The molecule has 0 aliphatic carbocycles. The number of ketones is 1. The van der Waals surface area contributed by atoms with Gasteiger partial charge in [-0.1, -0.05) is 0 Å². The highest BCUT2D eigenvalue weighted by molar-refractivity contribution is 5.96. The van der Waals surface area contributed by atoms with Crippen molar-refractivity contribution in [2.75, 3.05) is 5.32 Å². The number of carbonyl (C=O) groups is 2. The van der Waals surface area contributed by atoms with Gasteiger partial charge >= 0.3 is 5.63 Å². The van der Waals surface area contributed by atoms with Crippen molar-refractivity contribution in [3.63, 3.8) is 0 Å². The van der Waals surface area contributed by atoms with E-state index < -0.39 is 5.63 Å². The van der Waals surface area contributed by atoms with E-state index >= 15 is 0 Å². The minimum atomic E-state index is -0.601. The minimum absolute atomic E-state index is 0.0459. The third-order valence-corrected chi connectivity index (χ3v) is 4.59. The van der Waals surface area contributed by atoms with Gasteiger partial charge in [0.15, 0.2) is 5.78 Å². The van der Waals surface area contributed by atoms with Gasteiger partial charge in [-0.05, 0) is 62.7 Å². The molecule has 0 bridgehead atoms. The highest BCUT2D eigenvalue weighted by Gasteiger charge is 2.17. The van der Waals surface area contributed by atoms with Gasteiger partial charge in [-0.15, -0.1) is 0 Å². The third-order valence-electron chi connectivity index (χ3n) is 4.59. The molecule has 138 valence electrons. The van der Waals surface area contributed by atoms with Crippen LogP contribution in [0, 0.1) is 13.8 Å². The molecular weight excluding hydrogens is 346 g/mol. The van der Waals surface area contributed by atoms with Gasteiger partial charge in [0, 0.05) is 22.2 Å². The molecular formula is C21H19NO5. The summed E-state index contributed by atoms with van der Waals surface area (Å²) in [6.45, 7) is 4.88. The van der Waals surface area contributed by atoms with Gasteiger partial charge in [0.1, 0.15) is 11.3 Å². The number of fused-ring (bicyclic) bond motifs is 1. The lowest BCUT2D eigenvalue weighted by molar-refractivity contribution is -0.115. The molecule has 1 amide bonds. The van der Waals surface area contributed by atoms with Crippen molar-refractivity contribution in [2.45, 2.75) is 27.2 Å². The number of aryl methyl sites for hydroxylation is 2. The molecule has 2 aromatic carbocycles. The van der Waals surface area contributed by atoms with Crippen LogP contribution in [-0.4, -0.2) is 16.8 Å². The molecule has 0 fully saturated rings. The first-order valence-corrected chi connectivity index (χ1v) is 8.43. The van der Waals surface area contributed by atoms with Crippen molar-refractivity contribution in [3.05, 3.63) is 69.1 Å². The van der Waals surface area contributed by atoms with E-state index in [0.29, 0.717) is 33.3 Å². The Morgan fingerprint density at radius 1 is 1.04 bits per heavy atom. The first kappa shape index (κ1) is 18.4. The fourth-order valence-corrected chi connectivity index (χ4v) is 2.94. The van der Waals surface area contributed by atoms with Crippen LogP contribution in [0.25, 0.3) is 11.0 Å². The van der Waals surface area contributed by atoms with Crippen LogP contribution in [0.1, 0.15) is 34.0 Å². The summed E-state index contributed by atoms with van der Waals surface area (Å²) in [6, 6.07) is 9.72. The SMILES string of the molecule is CC(=O)c1ccc(NC(=O)Cc2c(C)c3ccc(O)c(C)c3oc2=O)cc1. The maximum Gasteiger partial charge on any atom is 0.340 e. The van der Waals surface area contributed by atoms with Crippen LogP contribution in [-0.2, 0) is 11.2 Å². The summed E-state index contributed by atoms with van der Waals surface area (Å²) in [4.78, 5) is 36.0. The van der Waals surface area contributed by atoms with Crippen molar-refractivity contribution in [1.29, 1.82) is 0 Å². The number of rotatable bonds is 4. The Labute approximate surface area is 155 Å². The van der Waals surface area contributed by atoms with Crippen LogP contribution in [0.4, 0.5) is 5.69 Å². The number of phenols is 1. The summed E-state index contributed by atoms with van der Waals surface area (Å²) in [5.74, 6) is -0.376. The van der Waals surface area contributed by atoms with E-state index in [0.717, 1.165) is 0 Å². The van der Waals surface area contributed by atoms with Crippen LogP contribution >= 0.6 is 0 Å². The number of amides is 1. The lowest BCUT2D eigenvalue weighted by atomic mass is 10.0. The minimum Gasteiger partial charge on any atom is -0.508 e. The molecule has 0 spiro atoms. The lowest BCUT2D eigenvalue weighted by Crippen LogP contribution is -2.20. The summed E-state index contributed by atoms with van der Waals surface area (Å²) >= 11 is 0. The molecule has 3 aromatic rings. The Morgan fingerprint density at radius 2 is 1.70 bits per heavy atom. The quantitative estimate of drug-likeness (QED) is 0.545. The molecule has 0 aliphatic heterocycles. The highest BCUT2D eigenvalue weighted by atomic mass is 16.4. The van der Waals surface area contributed by atoms with E-state index in [1.165, 1.54) is 13.0 Å². The maximum atomic E-state index is 12.4. The molecule has 0 atom stereocenters. The molecule has 3 rings (SSSR count). The normalized spacial score (nSPS) is 10.8. The Bertz CT molecular complexity index is 1110. The number of hydrogen-bond donors (Lipinski definition) is 2. The molecule has 0 saturated heterocycles. The summed E-state index contributed by atoms with van der Waals surface area (Å²) < 4.78 is 5.35. The predicted molar refractivity (Wildman–Crippen MR) is 102 cm³/mol. The van der Waals surface area contributed by atoms with Crippen molar-refractivity contribution < 1.29 is 19.1 Å². The van der Waals surface area contributed by atoms with Gasteiger partial charge < -0.3 is 14.8 Å². The predicted octanol–water partition coefficient (Wildman–Crippen LogP) is 3.50. The smallest absolute Gasteiger partial charge is 0.340 e. The molecule has 1 aromatic heterocycles. The first-order valence-electron chi connectivity index (χ1n) is 8.43. The van der Waals surface area contributed by atoms with Gasteiger partial charge in [0.2, 0.25) is 5.91 Å². The first-order chi connectivity index (χ1) is 12.8. The Hall–Kier alpha value is -3.41. The van der Waals surface area contributed by atoms with E-state index in [1.807, 2.05) is 0 Å². The zero-order chi connectivity index (χ0) is 19.7. The number of benzene rings is 2. The monoisotopic (exact) mass is 365 g/mol. The number of carbonyl (C=O) groups excluding carboxylic acids is 2. The second kappa shape index (κ2) is 7.07. The number of anilines is 1. The van der Waals surface area contributed by atoms with Crippen LogP contribution in [0.15, 0.2) is 45.6 Å². The Kier molecular flexibility index (Phi) is 4.81. The Morgan fingerprint density at radius 3 is 2.33 bits per heavy atom. The largest absolute Gasteiger partial charge is 0.508 e. The fraction of sp³-hybridized carbons (Fsp3) is 0.190. The van der Waals surface area contributed by atoms with E-state index in [9.17, 15) is 19.5 Å². The van der Waals surface area contributed by atoms with Crippen molar-refractivity contribution in [2.24, 2.45) is 0 Å². The van der Waals surface area contributed by atoms with Crippen LogP contribution < -0.4 is 10.9 Å². The molecule has 0 aliphatic rings. The van der Waals surface area contributed by atoms with E-state index in [2.05, 4.69) is 5.32 Å². The maximum absolute atomic E-state index is 12.4. The molecule has 0 saturated carbocycles. The molecule has 6 heteroatoms. The van der Waals surface area contributed by atoms with Gasteiger partial charge in [0.25, 0.3) is 0 Å². The van der Waals surface area contributed by atoms with Gasteiger partial charge in [-0.2, -0.15) is 0 Å². The number of Topliss-reactive ketones (excluding diaryl/α,β-unsaturated/α-hetero) is 1. The zero-order valence-corrected chi connectivity index (χ0v) is 15.3.